The SMILES string of the molecule is Cc1csc(-c2ccc(=O)n(C(C)C(=O)Nc3ccc(C(F)(F)F)cc3)n2)c1. The zero-order valence-corrected chi connectivity index (χ0v) is 15.8. The molecule has 9 heteroatoms. The number of anilines is 1. The third-order valence-electron chi connectivity index (χ3n) is 4.03. The standard InChI is InChI=1S/C19H16F3N3O2S/c1-11-9-16(28-10-11)15-7-8-17(26)25(24-15)12(2)18(27)23-14-5-3-13(4-6-14)19(20,21)22/h3-10,12H,1-2H3,(H,23,27). The first-order valence-corrected chi connectivity index (χ1v) is 9.16. The Bertz CT molecular complexity index is 1060. The fraction of sp³-hybridized carbons (Fsp3) is 0.211. The predicted octanol–water partition coefficient (Wildman–Crippen LogP) is 4.50. The van der Waals surface area contributed by atoms with E-state index in [2.05, 4.69) is 10.4 Å². The molecule has 0 radical (unpaired) electrons. The minimum atomic E-state index is -4.45. The average molecular weight is 407 g/mol. The molecular weight excluding hydrogens is 391 g/mol. The van der Waals surface area contributed by atoms with Crippen molar-refractivity contribution in [2.24, 2.45) is 0 Å². The van der Waals surface area contributed by atoms with Gasteiger partial charge in [-0.05, 0) is 61.2 Å². The lowest BCUT2D eigenvalue weighted by molar-refractivity contribution is -0.137. The topological polar surface area (TPSA) is 64.0 Å². The molecular formula is C19H16F3N3O2S. The fourth-order valence-corrected chi connectivity index (χ4v) is 3.36. The predicted molar refractivity (Wildman–Crippen MR) is 101 cm³/mol. The summed E-state index contributed by atoms with van der Waals surface area (Å²) in [6, 6.07) is 7.98. The first kappa shape index (κ1) is 19.8. The van der Waals surface area contributed by atoms with Gasteiger partial charge in [0.15, 0.2) is 0 Å². The number of amides is 1. The summed E-state index contributed by atoms with van der Waals surface area (Å²) in [6.45, 7) is 3.44. The number of alkyl halides is 3. The summed E-state index contributed by atoms with van der Waals surface area (Å²) in [5.74, 6) is -0.561. The molecule has 2 aromatic heterocycles. The molecule has 1 atom stereocenters. The van der Waals surface area contributed by atoms with Gasteiger partial charge < -0.3 is 5.32 Å². The van der Waals surface area contributed by atoms with E-state index in [1.165, 1.54) is 24.3 Å². The number of benzene rings is 1. The van der Waals surface area contributed by atoms with Crippen molar-refractivity contribution >= 4 is 22.9 Å². The van der Waals surface area contributed by atoms with E-state index < -0.39 is 29.2 Å². The Morgan fingerprint density at radius 3 is 2.43 bits per heavy atom. The first-order valence-electron chi connectivity index (χ1n) is 8.28. The Labute approximate surface area is 162 Å². The van der Waals surface area contributed by atoms with Crippen LogP contribution in [-0.4, -0.2) is 15.7 Å². The summed E-state index contributed by atoms with van der Waals surface area (Å²) >= 11 is 1.47. The van der Waals surface area contributed by atoms with Crippen LogP contribution in [0.1, 0.15) is 24.1 Å². The van der Waals surface area contributed by atoms with Gasteiger partial charge in [-0.2, -0.15) is 18.3 Å². The molecule has 2 heterocycles. The number of aromatic nitrogens is 2. The summed E-state index contributed by atoms with van der Waals surface area (Å²) in [6.07, 6.45) is -4.45. The van der Waals surface area contributed by atoms with Gasteiger partial charge in [0.05, 0.1) is 10.4 Å². The number of hydrogen-bond acceptors (Lipinski definition) is 4. The van der Waals surface area contributed by atoms with Gasteiger partial charge in [0.1, 0.15) is 11.7 Å². The van der Waals surface area contributed by atoms with Gasteiger partial charge in [0, 0.05) is 11.8 Å². The fourth-order valence-electron chi connectivity index (χ4n) is 2.50. The van der Waals surface area contributed by atoms with Gasteiger partial charge in [-0.25, -0.2) is 4.68 Å². The number of halogens is 3. The maximum atomic E-state index is 12.6. The summed E-state index contributed by atoms with van der Waals surface area (Å²) in [5, 5.41) is 8.73. The van der Waals surface area contributed by atoms with Crippen molar-refractivity contribution in [2.75, 3.05) is 5.32 Å². The monoisotopic (exact) mass is 407 g/mol. The smallest absolute Gasteiger partial charge is 0.324 e. The van der Waals surface area contributed by atoms with Crippen LogP contribution < -0.4 is 10.9 Å². The van der Waals surface area contributed by atoms with E-state index in [1.807, 2.05) is 18.4 Å². The number of aryl methyl sites for hydroxylation is 1. The van der Waals surface area contributed by atoms with Crippen molar-refractivity contribution < 1.29 is 18.0 Å². The molecule has 1 amide bonds. The van der Waals surface area contributed by atoms with Gasteiger partial charge in [-0.1, -0.05) is 0 Å². The lowest BCUT2D eigenvalue weighted by Gasteiger charge is -2.15. The van der Waals surface area contributed by atoms with E-state index in [-0.39, 0.29) is 5.69 Å². The second-order valence-corrected chi connectivity index (χ2v) is 7.14. The second-order valence-electron chi connectivity index (χ2n) is 6.23. The van der Waals surface area contributed by atoms with Crippen LogP contribution in [0.4, 0.5) is 18.9 Å². The summed E-state index contributed by atoms with van der Waals surface area (Å²) in [7, 11) is 0. The minimum absolute atomic E-state index is 0.197. The zero-order valence-electron chi connectivity index (χ0n) is 14.9. The highest BCUT2D eigenvalue weighted by Gasteiger charge is 2.30. The van der Waals surface area contributed by atoms with E-state index in [0.29, 0.717) is 5.69 Å². The van der Waals surface area contributed by atoms with Crippen molar-refractivity contribution in [1.82, 2.24) is 9.78 Å². The van der Waals surface area contributed by atoms with E-state index >= 15 is 0 Å². The van der Waals surface area contributed by atoms with Gasteiger partial charge >= 0.3 is 6.18 Å². The van der Waals surface area contributed by atoms with E-state index in [1.54, 1.807) is 6.07 Å². The molecule has 1 aromatic carbocycles. The molecule has 0 saturated carbocycles. The Hall–Kier alpha value is -2.94. The van der Waals surface area contributed by atoms with Crippen LogP contribution in [0, 0.1) is 6.92 Å². The van der Waals surface area contributed by atoms with Crippen LogP contribution >= 0.6 is 11.3 Å². The quantitative estimate of drug-likeness (QED) is 0.693. The van der Waals surface area contributed by atoms with Crippen LogP contribution in [0.25, 0.3) is 10.6 Å². The molecule has 0 bridgehead atoms. The molecule has 1 N–H and O–H groups in total. The first-order chi connectivity index (χ1) is 13.1. The van der Waals surface area contributed by atoms with Gasteiger partial charge in [-0.3, -0.25) is 9.59 Å². The Morgan fingerprint density at radius 2 is 1.86 bits per heavy atom. The average Bonchev–Trinajstić information content (AvgIpc) is 3.07. The summed E-state index contributed by atoms with van der Waals surface area (Å²) in [4.78, 5) is 25.5. The molecule has 0 aliphatic heterocycles. The lowest BCUT2D eigenvalue weighted by Crippen LogP contribution is -2.33. The maximum absolute atomic E-state index is 12.6. The van der Waals surface area contributed by atoms with Crippen molar-refractivity contribution in [2.45, 2.75) is 26.1 Å². The van der Waals surface area contributed by atoms with Gasteiger partial charge in [0.25, 0.3) is 5.56 Å². The van der Waals surface area contributed by atoms with E-state index in [4.69, 9.17) is 0 Å². The molecule has 0 fully saturated rings. The largest absolute Gasteiger partial charge is 0.416 e. The Balaban J connectivity index is 1.80. The van der Waals surface area contributed by atoms with E-state index in [0.717, 1.165) is 39.4 Å². The number of carbonyl (C=O) groups excluding carboxylic acids is 1. The third kappa shape index (κ3) is 4.30. The molecule has 5 nitrogen and oxygen atoms in total. The normalized spacial score (nSPS) is 12.6. The second kappa shape index (κ2) is 7.59. The van der Waals surface area contributed by atoms with Crippen LogP contribution in [0.3, 0.4) is 0 Å². The lowest BCUT2D eigenvalue weighted by atomic mass is 10.2. The molecule has 3 aromatic rings. The highest BCUT2D eigenvalue weighted by atomic mass is 32.1. The number of nitrogens with one attached hydrogen (secondary N) is 1. The van der Waals surface area contributed by atoms with Gasteiger partial charge in [0.2, 0.25) is 5.91 Å². The highest BCUT2D eigenvalue weighted by molar-refractivity contribution is 7.13. The van der Waals surface area contributed by atoms with E-state index in [9.17, 15) is 22.8 Å². The summed E-state index contributed by atoms with van der Waals surface area (Å²) in [5.41, 5.74) is 0.560. The molecule has 0 spiro atoms. The number of carbonyl (C=O) groups is 1. The minimum Gasteiger partial charge on any atom is -0.324 e. The van der Waals surface area contributed by atoms with Crippen LogP contribution in [-0.2, 0) is 11.0 Å². The van der Waals surface area contributed by atoms with Gasteiger partial charge in [-0.15, -0.1) is 11.3 Å². The van der Waals surface area contributed by atoms with Crippen molar-refractivity contribution in [1.29, 1.82) is 0 Å². The highest BCUT2D eigenvalue weighted by Crippen LogP contribution is 2.30. The Morgan fingerprint density at radius 1 is 1.18 bits per heavy atom. The molecule has 28 heavy (non-hydrogen) atoms. The van der Waals surface area contributed by atoms with Crippen molar-refractivity contribution in [3.8, 4) is 10.6 Å². The Kier molecular flexibility index (Phi) is 5.37. The maximum Gasteiger partial charge on any atom is 0.416 e. The number of hydrogen-bond donors (Lipinski definition) is 1. The molecule has 146 valence electrons. The van der Waals surface area contributed by atoms with Crippen LogP contribution in [0.5, 0.6) is 0 Å². The third-order valence-corrected chi connectivity index (χ3v) is 5.10. The molecule has 0 aliphatic carbocycles. The number of nitrogens with zero attached hydrogens (tertiary/aromatic N) is 2. The molecule has 0 aliphatic rings. The molecule has 3 rings (SSSR count). The summed E-state index contributed by atoms with van der Waals surface area (Å²) < 4.78 is 38.9. The van der Waals surface area contributed by atoms with Crippen LogP contribution in [0.15, 0.2) is 52.6 Å². The zero-order chi connectivity index (χ0) is 20.5. The number of thiophene rings is 1. The van der Waals surface area contributed by atoms with Crippen molar-refractivity contribution in [3.63, 3.8) is 0 Å². The molecule has 1 unspecified atom stereocenters. The molecule has 0 saturated heterocycles. The van der Waals surface area contributed by atoms with Crippen LogP contribution in [0.2, 0.25) is 0 Å². The van der Waals surface area contributed by atoms with Crippen molar-refractivity contribution in [3.05, 3.63) is 69.3 Å². The number of rotatable bonds is 4.